The quantitative estimate of drug-likeness (QED) is 0.873. The molecule has 1 unspecified atom stereocenters. The first kappa shape index (κ1) is 14.1. The van der Waals surface area contributed by atoms with Gasteiger partial charge in [-0.05, 0) is 25.2 Å². The predicted octanol–water partition coefficient (Wildman–Crippen LogP) is 1.41. The molecule has 0 aliphatic carbocycles. The SMILES string of the molecule is CNCc1ccc(S(=O)(=O)NC2COc3ccccc32)o1. The molecule has 0 amide bonds. The van der Waals surface area contributed by atoms with Crippen LogP contribution in [0.15, 0.2) is 45.9 Å². The molecule has 0 spiro atoms. The van der Waals surface area contributed by atoms with Gasteiger partial charge in [-0.15, -0.1) is 0 Å². The molecular formula is C14H16N2O4S. The number of sulfonamides is 1. The maximum atomic E-state index is 12.3. The molecule has 1 atom stereocenters. The van der Waals surface area contributed by atoms with Crippen molar-refractivity contribution in [2.24, 2.45) is 0 Å². The van der Waals surface area contributed by atoms with Crippen molar-refractivity contribution in [3.8, 4) is 5.75 Å². The predicted molar refractivity (Wildman–Crippen MR) is 76.5 cm³/mol. The van der Waals surface area contributed by atoms with Crippen LogP contribution >= 0.6 is 0 Å². The number of hydrogen-bond acceptors (Lipinski definition) is 5. The second-order valence-electron chi connectivity index (χ2n) is 4.77. The standard InChI is InChI=1S/C14H16N2O4S/c1-15-8-10-6-7-14(20-10)21(17,18)16-12-9-19-13-5-3-2-4-11(12)13/h2-7,12,15-16H,8-9H2,1H3. The Morgan fingerprint density at radius 1 is 1.24 bits per heavy atom. The van der Waals surface area contributed by atoms with Gasteiger partial charge in [0.25, 0.3) is 10.0 Å². The molecule has 0 saturated heterocycles. The smallest absolute Gasteiger partial charge is 0.274 e. The Morgan fingerprint density at radius 2 is 2.05 bits per heavy atom. The molecule has 1 aliphatic heterocycles. The van der Waals surface area contributed by atoms with E-state index in [-0.39, 0.29) is 11.7 Å². The molecule has 21 heavy (non-hydrogen) atoms. The lowest BCUT2D eigenvalue weighted by molar-refractivity contribution is 0.323. The molecule has 0 fully saturated rings. The van der Waals surface area contributed by atoms with Gasteiger partial charge in [-0.2, -0.15) is 4.72 Å². The summed E-state index contributed by atoms with van der Waals surface area (Å²) in [6.45, 7) is 0.757. The molecule has 7 heteroatoms. The van der Waals surface area contributed by atoms with Gasteiger partial charge < -0.3 is 14.5 Å². The van der Waals surface area contributed by atoms with E-state index in [1.807, 2.05) is 24.3 Å². The van der Waals surface area contributed by atoms with Crippen LogP contribution in [0.3, 0.4) is 0 Å². The van der Waals surface area contributed by atoms with Crippen molar-refractivity contribution >= 4 is 10.0 Å². The number of rotatable bonds is 5. The first-order chi connectivity index (χ1) is 10.1. The highest BCUT2D eigenvalue weighted by atomic mass is 32.2. The van der Waals surface area contributed by atoms with Crippen LogP contribution < -0.4 is 14.8 Å². The molecule has 2 N–H and O–H groups in total. The van der Waals surface area contributed by atoms with Crippen LogP contribution in [0, 0.1) is 0 Å². The Morgan fingerprint density at radius 3 is 2.86 bits per heavy atom. The molecule has 0 bridgehead atoms. The number of furan rings is 1. The summed E-state index contributed by atoms with van der Waals surface area (Å²) in [6.07, 6.45) is 0. The zero-order chi connectivity index (χ0) is 14.9. The van der Waals surface area contributed by atoms with Crippen molar-refractivity contribution in [2.75, 3.05) is 13.7 Å². The maximum Gasteiger partial charge on any atom is 0.274 e. The zero-order valence-corrected chi connectivity index (χ0v) is 12.3. The first-order valence-corrected chi connectivity index (χ1v) is 8.06. The van der Waals surface area contributed by atoms with Crippen molar-refractivity contribution in [3.05, 3.63) is 47.7 Å². The van der Waals surface area contributed by atoms with Crippen molar-refractivity contribution < 1.29 is 17.6 Å². The van der Waals surface area contributed by atoms with Gasteiger partial charge in [0.15, 0.2) is 0 Å². The van der Waals surface area contributed by atoms with Gasteiger partial charge in [-0.1, -0.05) is 18.2 Å². The molecular weight excluding hydrogens is 292 g/mol. The molecule has 1 aromatic heterocycles. The molecule has 1 aliphatic rings. The van der Waals surface area contributed by atoms with Gasteiger partial charge in [0.05, 0.1) is 12.6 Å². The monoisotopic (exact) mass is 308 g/mol. The summed E-state index contributed by atoms with van der Waals surface area (Å²) in [7, 11) is -1.94. The Balaban J connectivity index is 1.80. The van der Waals surface area contributed by atoms with E-state index in [1.54, 1.807) is 13.1 Å². The van der Waals surface area contributed by atoms with Crippen LogP contribution in [0.25, 0.3) is 0 Å². The fourth-order valence-electron chi connectivity index (χ4n) is 2.28. The zero-order valence-electron chi connectivity index (χ0n) is 11.5. The van der Waals surface area contributed by atoms with E-state index in [0.717, 1.165) is 5.56 Å². The summed E-state index contributed by atoms with van der Waals surface area (Å²) in [4.78, 5) is 0. The molecule has 112 valence electrons. The fourth-order valence-corrected chi connectivity index (χ4v) is 3.43. The Kier molecular flexibility index (Phi) is 3.71. The van der Waals surface area contributed by atoms with Gasteiger partial charge in [0.2, 0.25) is 5.09 Å². The van der Waals surface area contributed by atoms with Crippen LogP contribution in [0.4, 0.5) is 0 Å². The van der Waals surface area contributed by atoms with Gasteiger partial charge in [0, 0.05) is 5.56 Å². The van der Waals surface area contributed by atoms with E-state index in [9.17, 15) is 8.42 Å². The summed E-state index contributed by atoms with van der Waals surface area (Å²) in [5, 5.41) is 2.82. The summed E-state index contributed by atoms with van der Waals surface area (Å²) < 4.78 is 38.1. The minimum Gasteiger partial charge on any atom is -0.491 e. The second kappa shape index (κ2) is 5.51. The normalized spacial score (nSPS) is 17.5. The second-order valence-corrected chi connectivity index (χ2v) is 6.42. The van der Waals surface area contributed by atoms with Crippen LogP contribution in [-0.2, 0) is 16.6 Å². The van der Waals surface area contributed by atoms with Crippen LogP contribution in [0.5, 0.6) is 5.75 Å². The van der Waals surface area contributed by atoms with E-state index < -0.39 is 16.1 Å². The number of hydrogen-bond donors (Lipinski definition) is 2. The minimum absolute atomic E-state index is 0.0860. The van der Waals surface area contributed by atoms with Crippen LogP contribution in [0.1, 0.15) is 17.4 Å². The highest BCUT2D eigenvalue weighted by molar-refractivity contribution is 7.89. The summed E-state index contributed by atoms with van der Waals surface area (Å²) in [5.74, 6) is 1.28. The van der Waals surface area contributed by atoms with Crippen LogP contribution in [-0.4, -0.2) is 22.1 Å². The Labute approximate surface area is 123 Å². The molecule has 0 saturated carbocycles. The molecule has 6 nitrogen and oxygen atoms in total. The van der Waals surface area contributed by atoms with E-state index in [1.165, 1.54) is 6.07 Å². The maximum absolute atomic E-state index is 12.3. The lowest BCUT2D eigenvalue weighted by Gasteiger charge is -2.10. The van der Waals surface area contributed by atoms with Crippen molar-refractivity contribution in [1.29, 1.82) is 0 Å². The molecule has 2 heterocycles. The van der Waals surface area contributed by atoms with E-state index in [0.29, 0.717) is 18.1 Å². The van der Waals surface area contributed by atoms with E-state index in [2.05, 4.69) is 10.0 Å². The van der Waals surface area contributed by atoms with Gasteiger partial charge in [0.1, 0.15) is 18.1 Å². The number of fused-ring (bicyclic) bond motifs is 1. The summed E-state index contributed by atoms with van der Waals surface area (Å²) >= 11 is 0. The average molecular weight is 308 g/mol. The lowest BCUT2D eigenvalue weighted by atomic mass is 10.1. The highest BCUT2D eigenvalue weighted by Gasteiger charge is 2.30. The average Bonchev–Trinajstić information content (AvgIpc) is 3.07. The van der Waals surface area contributed by atoms with Crippen LogP contribution in [0.2, 0.25) is 0 Å². The first-order valence-electron chi connectivity index (χ1n) is 6.57. The highest BCUT2D eigenvalue weighted by Crippen LogP contribution is 2.32. The lowest BCUT2D eigenvalue weighted by Crippen LogP contribution is -2.29. The number of para-hydroxylation sites is 1. The third-order valence-corrected chi connectivity index (χ3v) is 4.59. The third kappa shape index (κ3) is 2.80. The van der Waals surface area contributed by atoms with E-state index in [4.69, 9.17) is 9.15 Å². The topological polar surface area (TPSA) is 80.6 Å². The molecule has 1 aromatic carbocycles. The molecule has 0 radical (unpaired) electrons. The minimum atomic E-state index is -3.71. The largest absolute Gasteiger partial charge is 0.491 e. The van der Waals surface area contributed by atoms with Crippen molar-refractivity contribution in [2.45, 2.75) is 17.7 Å². The van der Waals surface area contributed by atoms with Crippen molar-refractivity contribution in [1.82, 2.24) is 10.0 Å². The van der Waals surface area contributed by atoms with Crippen molar-refractivity contribution in [3.63, 3.8) is 0 Å². The van der Waals surface area contributed by atoms with E-state index >= 15 is 0 Å². The number of benzene rings is 1. The number of nitrogens with one attached hydrogen (secondary N) is 2. The third-order valence-electron chi connectivity index (χ3n) is 3.25. The Bertz CT molecular complexity index is 739. The number of ether oxygens (including phenoxy) is 1. The summed E-state index contributed by atoms with van der Waals surface area (Å²) in [6, 6.07) is 10.1. The van der Waals surface area contributed by atoms with Gasteiger partial charge >= 0.3 is 0 Å². The van der Waals surface area contributed by atoms with Gasteiger partial charge in [-0.25, -0.2) is 8.42 Å². The molecule has 3 rings (SSSR count). The summed E-state index contributed by atoms with van der Waals surface area (Å²) in [5.41, 5.74) is 0.836. The fraction of sp³-hybridized carbons (Fsp3) is 0.286. The Hall–Kier alpha value is -1.83. The molecule has 2 aromatic rings. The van der Waals surface area contributed by atoms with Gasteiger partial charge in [-0.3, -0.25) is 0 Å².